The quantitative estimate of drug-likeness (QED) is 0.757. The lowest BCUT2D eigenvalue weighted by atomic mass is 10.0. The van der Waals surface area contributed by atoms with Crippen molar-refractivity contribution in [2.75, 3.05) is 0 Å². The fourth-order valence-corrected chi connectivity index (χ4v) is 2.80. The first-order valence-electron chi connectivity index (χ1n) is 6.92. The molecule has 0 aromatic heterocycles. The zero-order valence-corrected chi connectivity index (χ0v) is 14.1. The number of hydrogen-bond acceptors (Lipinski definition) is 1. The number of benzene rings is 2. The Kier molecular flexibility index (Phi) is 5.83. The van der Waals surface area contributed by atoms with Crippen LogP contribution < -0.4 is 5.32 Å². The molecule has 0 fully saturated rings. The molecule has 4 heteroatoms. The average molecular weight is 367 g/mol. The van der Waals surface area contributed by atoms with Crippen LogP contribution in [0.4, 0.5) is 0 Å². The highest BCUT2D eigenvalue weighted by Gasteiger charge is 2.17. The monoisotopic (exact) mass is 365 g/mol. The molecule has 0 aliphatic carbocycles. The van der Waals surface area contributed by atoms with E-state index in [1.807, 2.05) is 30.3 Å². The van der Waals surface area contributed by atoms with Crippen molar-refractivity contribution in [2.24, 2.45) is 0 Å². The molecule has 0 radical (unpaired) electrons. The highest BCUT2D eigenvalue weighted by atomic mass is 79.9. The van der Waals surface area contributed by atoms with Gasteiger partial charge in [0.25, 0.3) is 5.91 Å². The van der Waals surface area contributed by atoms with E-state index in [0.29, 0.717) is 10.6 Å². The fourth-order valence-electron chi connectivity index (χ4n) is 2.20. The molecule has 1 N–H and O–H groups in total. The van der Waals surface area contributed by atoms with E-state index in [-0.39, 0.29) is 11.9 Å². The van der Waals surface area contributed by atoms with Crippen LogP contribution >= 0.6 is 27.5 Å². The van der Waals surface area contributed by atoms with Gasteiger partial charge in [0, 0.05) is 9.50 Å². The first-order valence-corrected chi connectivity index (χ1v) is 8.09. The van der Waals surface area contributed by atoms with Crippen LogP contribution in [-0.2, 0) is 0 Å². The zero-order valence-electron chi connectivity index (χ0n) is 11.8. The van der Waals surface area contributed by atoms with Gasteiger partial charge in [0.2, 0.25) is 0 Å². The lowest BCUT2D eigenvalue weighted by molar-refractivity contribution is 0.0933. The molecule has 0 bridgehead atoms. The van der Waals surface area contributed by atoms with E-state index in [2.05, 4.69) is 28.2 Å². The molecule has 0 spiro atoms. The molecule has 1 atom stereocenters. The van der Waals surface area contributed by atoms with Crippen LogP contribution in [-0.4, -0.2) is 5.91 Å². The maximum Gasteiger partial charge on any atom is 0.252 e. The van der Waals surface area contributed by atoms with Crippen molar-refractivity contribution in [1.29, 1.82) is 0 Å². The first-order chi connectivity index (χ1) is 10.1. The van der Waals surface area contributed by atoms with Gasteiger partial charge in [-0.3, -0.25) is 4.79 Å². The van der Waals surface area contributed by atoms with Gasteiger partial charge < -0.3 is 5.32 Å². The number of carbonyl (C=O) groups excluding carboxylic acids is 1. The predicted octanol–water partition coefficient (Wildman–Crippen LogP) is 5.37. The average Bonchev–Trinajstić information content (AvgIpc) is 2.50. The third-order valence-electron chi connectivity index (χ3n) is 3.26. The minimum Gasteiger partial charge on any atom is -0.345 e. The van der Waals surface area contributed by atoms with E-state index < -0.39 is 0 Å². The summed E-state index contributed by atoms with van der Waals surface area (Å²) >= 11 is 9.37. The summed E-state index contributed by atoms with van der Waals surface area (Å²) in [4.78, 5) is 12.5. The Morgan fingerprint density at radius 3 is 2.62 bits per heavy atom. The second-order valence-corrected chi connectivity index (χ2v) is 6.14. The molecule has 2 aromatic carbocycles. The Morgan fingerprint density at radius 1 is 1.24 bits per heavy atom. The van der Waals surface area contributed by atoms with Crippen molar-refractivity contribution in [1.82, 2.24) is 5.32 Å². The highest BCUT2D eigenvalue weighted by molar-refractivity contribution is 9.10. The van der Waals surface area contributed by atoms with E-state index in [0.717, 1.165) is 22.9 Å². The van der Waals surface area contributed by atoms with Crippen molar-refractivity contribution in [3.05, 3.63) is 69.2 Å². The molecule has 0 saturated carbocycles. The van der Waals surface area contributed by atoms with E-state index in [9.17, 15) is 4.79 Å². The molecule has 1 unspecified atom stereocenters. The van der Waals surface area contributed by atoms with Crippen LogP contribution in [0.2, 0.25) is 5.02 Å². The third kappa shape index (κ3) is 4.32. The number of carbonyl (C=O) groups is 1. The molecule has 2 rings (SSSR count). The van der Waals surface area contributed by atoms with Crippen LogP contribution in [0.15, 0.2) is 53.0 Å². The number of hydrogen-bond donors (Lipinski definition) is 1. The summed E-state index contributed by atoms with van der Waals surface area (Å²) in [6.07, 6.45) is 1.89. The van der Waals surface area contributed by atoms with Crippen LogP contribution in [0, 0.1) is 0 Å². The number of amides is 1. The first kappa shape index (κ1) is 16.1. The second kappa shape index (κ2) is 7.62. The Bertz CT molecular complexity index is 615. The molecular formula is C17H17BrClNO. The maximum atomic E-state index is 12.5. The lowest BCUT2D eigenvalue weighted by Gasteiger charge is -2.19. The van der Waals surface area contributed by atoms with Crippen molar-refractivity contribution in [2.45, 2.75) is 25.8 Å². The number of nitrogens with one attached hydrogen (secondary N) is 1. The summed E-state index contributed by atoms with van der Waals surface area (Å²) in [6, 6.07) is 15.2. The van der Waals surface area contributed by atoms with E-state index in [4.69, 9.17) is 11.6 Å². The minimum absolute atomic E-state index is 0.00887. The summed E-state index contributed by atoms with van der Waals surface area (Å²) < 4.78 is 0.743. The van der Waals surface area contributed by atoms with E-state index in [1.165, 1.54) is 0 Å². The van der Waals surface area contributed by atoms with Gasteiger partial charge in [-0.2, -0.15) is 0 Å². The molecular weight excluding hydrogens is 350 g/mol. The summed E-state index contributed by atoms with van der Waals surface area (Å²) in [6.45, 7) is 2.11. The molecule has 0 aliphatic rings. The van der Waals surface area contributed by atoms with Crippen molar-refractivity contribution in [3.63, 3.8) is 0 Å². The van der Waals surface area contributed by atoms with Crippen LogP contribution in [0.1, 0.15) is 41.7 Å². The molecule has 0 saturated heterocycles. The Balaban J connectivity index is 2.20. The van der Waals surface area contributed by atoms with Gasteiger partial charge in [-0.15, -0.1) is 0 Å². The normalized spacial score (nSPS) is 12.0. The third-order valence-corrected chi connectivity index (χ3v) is 4.18. The Hall–Kier alpha value is -1.32. The van der Waals surface area contributed by atoms with Gasteiger partial charge in [0.15, 0.2) is 0 Å². The van der Waals surface area contributed by atoms with Gasteiger partial charge in [0.05, 0.1) is 11.6 Å². The van der Waals surface area contributed by atoms with Gasteiger partial charge in [-0.1, -0.05) is 55.3 Å². The van der Waals surface area contributed by atoms with Crippen molar-refractivity contribution < 1.29 is 4.79 Å². The maximum absolute atomic E-state index is 12.5. The lowest BCUT2D eigenvalue weighted by Crippen LogP contribution is -2.28. The van der Waals surface area contributed by atoms with Gasteiger partial charge >= 0.3 is 0 Å². The Morgan fingerprint density at radius 2 is 1.95 bits per heavy atom. The SMILES string of the molecule is CCCC(NC(=O)c1cc(Cl)ccc1Br)c1ccccc1. The van der Waals surface area contributed by atoms with Gasteiger partial charge in [0.1, 0.15) is 0 Å². The summed E-state index contributed by atoms with van der Waals surface area (Å²) in [7, 11) is 0. The molecule has 1 amide bonds. The highest BCUT2D eigenvalue weighted by Crippen LogP contribution is 2.23. The molecule has 2 aromatic rings. The topological polar surface area (TPSA) is 29.1 Å². The molecule has 0 heterocycles. The minimum atomic E-state index is -0.119. The fraction of sp³-hybridized carbons (Fsp3) is 0.235. The molecule has 2 nitrogen and oxygen atoms in total. The predicted molar refractivity (Wildman–Crippen MR) is 90.7 cm³/mol. The molecule has 21 heavy (non-hydrogen) atoms. The van der Waals surface area contributed by atoms with E-state index >= 15 is 0 Å². The van der Waals surface area contributed by atoms with Gasteiger partial charge in [-0.05, 0) is 46.1 Å². The second-order valence-electron chi connectivity index (χ2n) is 4.85. The summed E-state index contributed by atoms with van der Waals surface area (Å²) in [5.41, 5.74) is 1.67. The van der Waals surface area contributed by atoms with E-state index in [1.54, 1.807) is 18.2 Å². The molecule has 110 valence electrons. The zero-order chi connectivity index (χ0) is 15.2. The van der Waals surface area contributed by atoms with Crippen LogP contribution in [0.3, 0.4) is 0 Å². The summed E-state index contributed by atoms with van der Waals surface area (Å²) in [5, 5.41) is 3.64. The van der Waals surface area contributed by atoms with Gasteiger partial charge in [-0.25, -0.2) is 0 Å². The largest absolute Gasteiger partial charge is 0.345 e. The number of rotatable bonds is 5. The van der Waals surface area contributed by atoms with Crippen molar-refractivity contribution in [3.8, 4) is 0 Å². The summed E-state index contributed by atoms with van der Waals surface area (Å²) in [5.74, 6) is -0.119. The standard InChI is InChI=1S/C17H17BrClNO/c1-2-6-16(12-7-4-3-5-8-12)20-17(21)14-11-13(19)9-10-15(14)18/h3-5,7-11,16H,2,6H2,1H3,(H,20,21). The number of halogens is 2. The van der Waals surface area contributed by atoms with Crippen LogP contribution in [0.5, 0.6) is 0 Å². The van der Waals surface area contributed by atoms with Crippen LogP contribution in [0.25, 0.3) is 0 Å². The molecule has 0 aliphatic heterocycles. The smallest absolute Gasteiger partial charge is 0.252 e. The van der Waals surface area contributed by atoms with Crippen molar-refractivity contribution >= 4 is 33.4 Å². The Labute approximate surface area is 138 Å².